The van der Waals surface area contributed by atoms with Gasteiger partial charge in [0.15, 0.2) is 0 Å². The second kappa shape index (κ2) is 4.88. The van der Waals surface area contributed by atoms with Crippen molar-refractivity contribution in [2.75, 3.05) is 12.0 Å². The normalized spacial score (nSPS) is 11.6. The van der Waals surface area contributed by atoms with Gasteiger partial charge in [0, 0.05) is 18.0 Å². The number of aromatic nitrogens is 2. The van der Waals surface area contributed by atoms with Crippen molar-refractivity contribution in [3.05, 3.63) is 30.4 Å². The number of rotatable bonds is 5. The molecule has 2 rings (SSSR count). The van der Waals surface area contributed by atoms with E-state index in [4.69, 9.17) is 9.52 Å². The molecule has 1 N–H and O–H groups in total. The van der Waals surface area contributed by atoms with E-state index in [1.807, 2.05) is 0 Å². The molecule has 0 atom stereocenters. The topological polar surface area (TPSA) is 102 Å². The quantitative estimate of drug-likeness (QED) is 0.874. The van der Waals surface area contributed by atoms with Crippen molar-refractivity contribution in [2.45, 2.75) is 6.54 Å². The molecule has 0 radical (unpaired) electrons. The minimum atomic E-state index is -3.13. The van der Waals surface area contributed by atoms with Crippen LogP contribution in [0.25, 0.3) is 11.3 Å². The van der Waals surface area contributed by atoms with Crippen LogP contribution in [-0.4, -0.2) is 41.3 Å². The lowest BCUT2D eigenvalue weighted by molar-refractivity contribution is 0.0697. The second-order valence-electron chi connectivity index (χ2n) is 4.10. The van der Waals surface area contributed by atoms with Crippen LogP contribution in [0.15, 0.2) is 29.2 Å². The molecule has 0 unspecified atom stereocenters. The number of furan rings is 1. The number of aromatic carboxylic acids is 1. The Morgan fingerprint density at radius 1 is 1.53 bits per heavy atom. The third-order valence-electron chi connectivity index (χ3n) is 2.48. The molecule has 0 saturated heterocycles. The monoisotopic (exact) mass is 284 g/mol. The predicted molar refractivity (Wildman–Crippen MR) is 66.6 cm³/mol. The lowest BCUT2D eigenvalue weighted by Crippen LogP contribution is -2.11. The number of nitrogens with zero attached hydrogens (tertiary/aromatic N) is 2. The Kier molecular flexibility index (Phi) is 3.43. The zero-order chi connectivity index (χ0) is 14.0. The van der Waals surface area contributed by atoms with Crippen LogP contribution in [0.3, 0.4) is 0 Å². The minimum Gasteiger partial charge on any atom is -0.478 e. The average Bonchev–Trinajstić information content (AvgIpc) is 2.94. The number of hydrogen-bond acceptors (Lipinski definition) is 5. The van der Waals surface area contributed by atoms with Gasteiger partial charge in [-0.25, -0.2) is 13.2 Å². The Hall–Kier alpha value is -2.09. The first kappa shape index (κ1) is 13.3. The second-order valence-corrected chi connectivity index (χ2v) is 6.36. The summed E-state index contributed by atoms with van der Waals surface area (Å²) in [5.74, 6) is -1.22. The molecule has 0 aliphatic carbocycles. The molecular weight excluding hydrogens is 272 g/mol. The van der Waals surface area contributed by atoms with E-state index >= 15 is 0 Å². The van der Waals surface area contributed by atoms with Crippen molar-refractivity contribution in [3.63, 3.8) is 0 Å². The van der Waals surface area contributed by atoms with Crippen molar-refractivity contribution in [3.8, 4) is 11.3 Å². The van der Waals surface area contributed by atoms with E-state index < -0.39 is 15.8 Å². The first-order chi connectivity index (χ1) is 8.87. The highest BCUT2D eigenvalue weighted by molar-refractivity contribution is 7.90. The fourth-order valence-corrected chi connectivity index (χ4v) is 2.08. The van der Waals surface area contributed by atoms with Gasteiger partial charge in [0.25, 0.3) is 0 Å². The van der Waals surface area contributed by atoms with Gasteiger partial charge in [0.2, 0.25) is 0 Å². The van der Waals surface area contributed by atoms with E-state index in [1.54, 1.807) is 6.07 Å². The lowest BCUT2D eigenvalue weighted by atomic mass is 10.1. The lowest BCUT2D eigenvalue weighted by Gasteiger charge is -1.98. The Labute approximate surface area is 109 Å². The Balaban J connectivity index is 2.33. The fourth-order valence-electron chi connectivity index (χ4n) is 1.56. The maximum Gasteiger partial charge on any atom is 0.339 e. The van der Waals surface area contributed by atoms with Crippen LogP contribution in [0, 0.1) is 0 Å². The van der Waals surface area contributed by atoms with E-state index in [9.17, 15) is 13.2 Å². The Morgan fingerprint density at radius 3 is 2.79 bits per heavy atom. The standard InChI is InChI=1S/C11H12N2O5S/c1-19(16,17)5-3-13-6-9(11(14)15)10(12-13)8-2-4-18-7-8/h2,4,6-7H,3,5H2,1H3,(H,14,15). The van der Waals surface area contributed by atoms with Gasteiger partial charge in [-0.1, -0.05) is 0 Å². The number of hydrogen-bond donors (Lipinski definition) is 1. The number of sulfone groups is 1. The van der Waals surface area contributed by atoms with E-state index in [2.05, 4.69) is 5.10 Å². The number of aryl methyl sites for hydroxylation is 1. The summed E-state index contributed by atoms with van der Waals surface area (Å²) in [4.78, 5) is 11.1. The maximum atomic E-state index is 11.1. The summed E-state index contributed by atoms with van der Waals surface area (Å²) in [5.41, 5.74) is 0.806. The van der Waals surface area contributed by atoms with Crippen molar-refractivity contribution in [1.82, 2.24) is 9.78 Å². The summed E-state index contributed by atoms with van der Waals surface area (Å²) in [6, 6.07) is 1.59. The first-order valence-electron chi connectivity index (χ1n) is 5.38. The summed E-state index contributed by atoms with van der Waals surface area (Å²) >= 11 is 0. The molecule has 0 saturated carbocycles. The van der Waals surface area contributed by atoms with Crippen LogP contribution in [-0.2, 0) is 16.4 Å². The molecular formula is C11H12N2O5S. The number of carboxylic acid groups (broad SMARTS) is 1. The van der Waals surface area contributed by atoms with Crippen LogP contribution in [0.1, 0.15) is 10.4 Å². The molecule has 2 heterocycles. The first-order valence-corrected chi connectivity index (χ1v) is 7.44. The molecule has 8 heteroatoms. The van der Waals surface area contributed by atoms with Crippen LogP contribution < -0.4 is 0 Å². The Morgan fingerprint density at radius 2 is 2.26 bits per heavy atom. The summed E-state index contributed by atoms with van der Waals surface area (Å²) in [5, 5.41) is 13.2. The highest BCUT2D eigenvalue weighted by Gasteiger charge is 2.18. The molecule has 2 aromatic heterocycles. The van der Waals surface area contributed by atoms with Crippen LogP contribution in [0.2, 0.25) is 0 Å². The maximum absolute atomic E-state index is 11.1. The van der Waals surface area contributed by atoms with Crippen LogP contribution in [0.5, 0.6) is 0 Å². The van der Waals surface area contributed by atoms with Crippen molar-refractivity contribution in [1.29, 1.82) is 0 Å². The van der Waals surface area contributed by atoms with Gasteiger partial charge in [-0.3, -0.25) is 4.68 Å². The SMILES string of the molecule is CS(=O)(=O)CCn1cc(C(=O)O)c(-c2ccoc2)n1. The van der Waals surface area contributed by atoms with Gasteiger partial charge in [0.1, 0.15) is 21.1 Å². The number of carboxylic acids is 1. The van der Waals surface area contributed by atoms with Crippen LogP contribution >= 0.6 is 0 Å². The number of carbonyl (C=O) groups is 1. The van der Waals surface area contributed by atoms with E-state index in [0.717, 1.165) is 6.26 Å². The van der Waals surface area contributed by atoms with Gasteiger partial charge >= 0.3 is 5.97 Å². The average molecular weight is 284 g/mol. The zero-order valence-electron chi connectivity index (χ0n) is 10.1. The predicted octanol–water partition coefficient (Wildman–Crippen LogP) is 0.886. The summed E-state index contributed by atoms with van der Waals surface area (Å²) in [6.45, 7) is 0.108. The molecule has 0 bridgehead atoms. The molecule has 0 spiro atoms. The van der Waals surface area contributed by atoms with E-state index in [1.165, 1.54) is 23.4 Å². The van der Waals surface area contributed by atoms with Crippen molar-refractivity contribution in [2.24, 2.45) is 0 Å². The van der Waals surface area contributed by atoms with Gasteiger partial charge in [0.05, 0.1) is 24.8 Å². The third kappa shape index (κ3) is 3.22. The molecule has 0 fully saturated rings. The molecule has 0 aliphatic heterocycles. The molecule has 19 heavy (non-hydrogen) atoms. The smallest absolute Gasteiger partial charge is 0.339 e. The molecule has 2 aromatic rings. The largest absolute Gasteiger partial charge is 0.478 e. The van der Waals surface area contributed by atoms with Crippen molar-refractivity contribution >= 4 is 15.8 Å². The Bertz CT molecular complexity index is 685. The van der Waals surface area contributed by atoms with Crippen molar-refractivity contribution < 1.29 is 22.7 Å². The van der Waals surface area contributed by atoms with E-state index in [-0.39, 0.29) is 23.6 Å². The van der Waals surface area contributed by atoms with Crippen LogP contribution in [0.4, 0.5) is 0 Å². The molecule has 0 amide bonds. The molecule has 0 aromatic carbocycles. The third-order valence-corrected chi connectivity index (χ3v) is 3.40. The fraction of sp³-hybridized carbons (Fsp3) is 0.273. The minimum absolute atomic E-state index is 0.00917. The summed E-state index contributed by atoms with van der Waals surface area (Å²) < 4.78 is 28.4. The highest BCUT2D eigenvalue weighted by Crippen LogP contribution is 2.22. The highest BCUT2D eigenvalue weighted by atomic mass is 32.2. The van der Waals surface area contributed by atoms with Gasteiger partial charge in [-0.05, 0) is 6.07 Å². The summed E-state index contributed by atoms with van der Waals surface area (Å²) in [7, 11) is -3.13. The zero-order valence-corrected chi connectivity index (χ0v) is 10.9. The summed E-state index contributed by atoms with van der Waals surface area (Å²) in [6.07, 6.45) is 5.23. The molecule has 7 nitrogen and oxygen atoms in total. The van der Waals surface area contributed by atoms with Gasteiger partial charge in [-0.2, -0.15) is 5.10 Å². The van der Waals surface area contributed by atoms with E-state index in [0.29, 0.717) is 5.56 Å². The van der Waals surface area contributed by atoms with Gasteiger partial charge in [-0.15, -0.1) is 0 Å². The molecule has 102 valence electrons. The molecule has 0 aliphatic rings. The van der Waals surface area contributed by atoms with Gasteiger partial charge < -0.3 is 9.52 Å².